The number of aromatic nitrogens is 2. The second-order valence-electron chi connectivity index (χ2n) is 3.49. The monoisotopic (exact) mass is 187 g/mol. The molecule has 0 saturated carbocycles. The topological polar surface area (TPSA) is 54.7 Å². The van der Waals surface area contributed by atoms with Crippen molar-refractivity contribution in [1.82, 2.24) is 9.97 Å². The van der Waals surface area contributed by atoms with Crippen LogP contribution >= 0.6 is 0 Å². The van der Waals surface area contributed by atoms with Gasteiger partial charge in [-0.2, -0.15) is 0 Å². The van der Waals surface area contributed by atoms with Crippen molar-refractivity contribution in [3.8, 4) is 11.4 Å². The molecule has 72 valence electrons. The van der Waals surface area contributed by atoms with Crippen LogP contribution in [-0.4, -0.2) is 9.97 Å². The minimum Gasteiger partial charge on any atom is -0.399 e. The van der Waals surface area contributed by atoms with Gasteiger partial charge < -0.3 is 10.7 Å². The molecule has 3 N–H and O–H groups in total. The van der Waals surface area contributed by atoms with Gasteiger partial charge in [-0.3, -0.25) is 0 Å². The van der Waals surface area contributed by atoms with Gasteiger partial charge in [-0.05, 0) is 31.5 Å². The molecule has 0 aliphatic rings. The number of aromatic amines is 1. The van der Waals surface area contributed by atoms with Gasteiger partial charge in [0.05, 0.1) is 0 Å². The maximum atomic E-state index is 5.73. The van der Waals surface area contributed by atoms with Crippen molar-refractivity contribution in [1.29, 1.82) is 0 Å². The quantitative estimate of drug-likeness (QED) is 0.673. The first-order chi connectivity index (χ1) is 6.66. The van der Waals surface area contributed by atoms with Crippen molar-refractivity contribution >= 4 is 5.69 Å². The highest BCUT2D eigenvalue weighted by molar-refractivity contribution is 5.65. The van der Waals surface area contributed by atoms with E-state index in [1.165, 1.54) is 5.56 Å². The molecule has 0 amide bonds. The number of H-pyrrole nitrogens is 1. The van der Waals surface area contributed by atoms with E-state index in [1.807, 2.05) is 38.2 Å². The lowest BCUT2D eigenvalue weighted by atomic mass is 10.1. The maximum absolute atomic E-state index is 5.73. The average molecular weight is 187 g/mol. The third kappa shape index (κ3) is 1.48. The normalized spacial score (nSPS) is 10.4. The van der Waals surface area contributed by atoms with Crippen molar-refractivity contribution < 1.29 is 0 Å². The molecule has 0 aliphatic heterocycles. The highest BCUT2D eigenvalue weighted by Crippen LogP contribution is 2.22. The fraction of sp³-hybridized carbons (Fsp3) is 0.182. The summed E-state index contributed by atoms with van der Waals surface area (Å²) in [6.45, 7) is 4.03. The summed E-state index contributed by atoms with van der Waals surface area (Å²) in [6, 6.07) is 5.84. The zero-order valence-corrected chi connectivity index (χ0v) is 8.33. The molecule has 0 bridgehead atoms. The maximum Gasteiger partial charge on any atom is 0.137 e. The number of nitrogens with one attached hydrogen (secondary N) is 1. The number of benzene rings is 1. The smallest absolute Gasteiger partial charge is 0.137 e. The standard InChI is InChI=1S/C11H13N3/c1-7-3-4-9(12)5-10(7)11-13-6-8(2)14-11/h3-6H,12H2,1-2H3,(H,13,14). The summed E-state index contributed by atoms with van der Waals surface area (Å²) in [7, 11) is 0. The fourth-order valence-corrected chi connectivity index (χ4v) is 1.44. The van der Waals surface area contributed by atoms with Crippen molar-refractivity contribution in [3.63, 3.8) is 0 Å². The van der Waals surface area contributed by atoms with Crippen LogP contribution in [0.2, 0.25) is 0 Å². The number of nitrogens with zero attached hydrogens (tertiary/aromatic N) is 1. The van der Waals surface area contributed by atoms with E-state index in [9.17, 15) is 0 Å². The van der Waals surface area contributed by atoms with Crippen molar-refractivity contribution in [3.05, 3.63) is 35.7 Å². The first kappa shape index (κ1) is 8.81. The molecule has 14 heavy (non-hydrogen) atoms. The van der Waals surface area contributed by atoms with Gasteiger partial charge in [-0.1, -0.05) is 6.07 Å². The van der Waals surface area contributed by atoms with Gasteiger partial charge in [-0.25, -0.2) is 4.98 Å². The Bertz CT molecular complexity index is 457. The second-order valence-corrected chi connectivity index (χ2v) is 3.49. The minimum atomic E-state index is 0.764. The Morgan fingerprint density at radius 1 is 1.29 bits per heavy atom. The fourth-order valence-electron chi connectivity index (χ4n) is 1.44. The number of aryl methyl sites for hydroxylation is 2. The second kappa shape index (κ2) is 3.18. The van der Waals surface area contributed by atoms with E-state index >= 15 is 0 Å². The molecule has 0 unspecified atom stereocenters. The first-order valence-corrected chi connectivity index (χ1v) is 4.55. The van der Waals surface area contributed by atoms with Gasteiger partial charge >= 0.3 is 0 Å². The van der Waals surface area contributed by atoms with E-state index in [4.69, 9.17) is 5.73 Å². The van der Waals surface area contributed by atoms with Crippen LogP contribution in [0, 0.1) is 13.8 Å². The lowest BCUT2D eigenvalue weighted by Crippen LogP contribution is -1.90. The lowest BCUT2D eigenvalue weighted by Gasteiger charge is -2.03. The van der Waals surface area contributed by atoms with Crippen LogP contribution in [0.15, 0.2) is 24.4 Å². The molecule has 3 nitrogen and oxygen atoms in total. The average Bonchev–Trinajstić information content (AvgIpc) is 2.56. The minimum absolute atomic E-state index is 0.764. The number of hydrogen-bond donors (Lipinski definition) is 2. The molecule has 0 aliphatic carbocycles. The van der Waals surface area contributed by atoms with Crippen molar-refractivity contribution in [2.24, 2.45) is 0 Å². The van der Waals surface area contributed by atoms with E-state index in [0.29, 0.717) is 0 Å². The van der Waals surface area contributed by atoms with E-state index in [0.717, 1.165) is 22.8 Å². The largest absolute Gasteiger partial charge is 0.399 e. The molecule has 1 aromatic heterocycles. The Kier molecular flexibility index (Phi) is 2.00. The SMILES string of the molecule is Cc1cnc(-c2cc(N)ccc2C)[nH]1. The number of nitrogen functional groups attached to an aromatic ring is 1. The summed E-state index contributed by atoms with van der Waals surface area (Å²) in [4.78, 5) is 7.47. The Morgan fingerprint density at radius 2 is 2.07 bits per heavy atom. The summed E-state index contributed by atoms with van der Waals surface area (Å²) in [5, 5.41) is 0. The van der Waals surface area contributed by atoms with Gasteiger partial charge in [0.1, 0.15) is 5.82 Å². The van der Waals surface area contributed by atoms with Crippen LogP contribution < -0.4 is 5.73 Å². The molecule has 0 radical (unpaired) electrons. The predicted octanol–water partition coefficient (Wildman–Crippen LogP) is 2.28. The Hall–Kier alpha value is -1.77. The van der Waals surface area contributed by atoms with Gasteiger partial charge in [-0.15, -0.1) is 0 Å². The third-order valence-electron chi connectivity index (χ3n) is 2.22. The number of nitrogens with two attached hydrogens (primary N) is 1. The van der Waals surface area contributed by atoms with Crippen LogP contribution in [0.1, 0.15) is 11.3 Å². The highest BCUT2D eigenvalue weighted by Gasteiger charge is 2.04. The summed E-state index contributed by atoms with van der Waals surface area (Å²) in [5.41, 5.74) is 9.79. The molecular formula is C11H13N3. The predicted molar refractivity (Wildman–Crippen MR) is 57.9 cm³/mol. The molecule has 1 heterocycles. The first-order valence-electron chi connectivity index (χ1n) is 4.55. The van der Waals surface area contributed by atoms with Crippen LogP contribution in [0.5, 0.6) is 0 Å². The molecule has 0 fully saturated rings. The van der Waals surface area contributed by atoms with Crippen molar-refractivity contribution in [2.45, 2.75) is 13.8 Å². The molecule has 0 spiro atoms. The molecular weight excluding hydrogens is 174 g/mol. The Labute approximate surface area is 83.0 Å². The van der Waals surface area contributed by atoms with Gasteiger partial charge in [0.2, 0.25) is 0 Å². The summed E-state index contributed by atoms with van der Waals surface area (Å²) in [5.74, 6) is 0.882. The lowest BCUT2D eigenvalue weighted by molar-refractivity contribution is 1.24. The number of imidazole rings is 1. The molecule has 2 rings (SSSR count). The summed E-state index contributed by atoms with van der Waals surface area (Å²) < 4.78 is 0. The molecule has 1 aromatic carbocycles. The number of rotatable bonds is 1. The Balaban J connectivity index is 2.55. The number of anilines is 1. The van der Waals surface area contributed by atoms with Gasteiger partial charge in [0.25, 0.3) is 0 Å². The van der Waals surface area contributed by atoms with Crippen molar-refractivity contribution in [2.75, 3.05) is 5.73 Å². The van der Waals surface area contributed by atoms with Crippen LogP contribution in [0.25, 0.3) is 11.4 Å². The van der Waals surface area contributed by atoms with E-state index in [1.54, 1.807) is 0 Å². The Morgan fingerprint density at radius 3 is 2.71 bits per heavy atom. The van der Waals surface area contributed by atoms with Crippen LogP contribution in [0.4, 0.5) is 5.69 Å². The van der Waals surface area contributed by atoms with Crippen LogP contribution in [0.3, 0.4) is 0 Å². The van der Waals surface area contributed by atoms with E-state index < -0.39 is 0 Å². The van der Waals surface area contributed by atoms with E-state index in [-0.39, 0.29) is 0 Å². The summed E-state index contributed by atoms with van der Waals surface area (Å²) >= 11 is 0. The summed E-state index contributed by atoms with van der Waals surface area (Å²) in [6.07, 6.45) is 1.82. The zero-order chi connectivity index (χ0) is 10.1. The van der Waals surface area contributed by atoms with Gasteiger partial charge in [0, 0.05) is 23.1 Å². The highest BCUT2D eigenvalue weighted by atomic mass is 14.9. The molecule has 0 saturated heterocycles. The zero-order valence-electron chi connectivity index (χ0n) is 8.33. The molecule has 2 aromatic rings. The third-order valence-corrected chi connectivity index (χ3v) is 2.22. The number of hydrogen-bond acceptors (Lipinski definition) is 2. The van der Waals surface area contributed by atoms with E-state index in [2.05, 4.69) is 9.97 Å². The van der Waals surface area contributed by atoms with Gasteiger partial charge in [0.15, 0.2) is 0 Å². The molecule has 0 atom stereocenters. The van der Waals surface area contributed by atoms with Crippen LogP contribution in [-0.2, 0) is 0 Å². The molecule has 3 heteroatoms.